The number of nitrogens with zero attached hydrogens (tertiary/aromatic N) is 1. The summed E-state index contributed by atoms with van der Waals surface area (Å²) < 4.78 is 27.5. The van der Waals surface area contributed by atoms with Crippen molar-refractivity contribution in [3.8, 4) is 0 Å². The molecule has 0 aliphatic carbocycles. The number of carbonyl (C=O) groups excluding carboxylic acids is 1. The minimum atomic E-state index is -3.52. The van der Waals surface area contributed by atoms with Gasteiger partial charge in [0.15, 0.2) is 0 Å². The summed E-state index contributed by atoms with van der Waals surface area (Å²) >= 11 is 1.28. The number of hydrogen-bond donors (Lipinski definition) is 1. The molecule has 1 aliphatic rings. The maximum Gasteiger partial charge on any atom is 0.252 e. The molecule has 0 saturated carbocycles. The molecule has 2 aromatic rings. The Labute approximate surface area is 165 Å². The van der Waals surface area contributed by atoms with Crippen LogP contribution in [0.1, 0.15) is 41.8 Å². The fourth-order valence-corrected chi connectivity index (χ4v) is 6.28. The molecule has 1 aliphatic heterocycles. The van der Waals surface area contributed by atoms with E-state index in [0.717, 1.165) is 10.4 Å². The fourth-order valence-electron chi connectivity index (χ4n) is 3.32. The van der Waals surface area contributed by atoms with E-state index < -0.39 is 10.0 Å². The van der Waals surface area contributed by atoms with E-state index in [-0.39, 0.29) is 24.4 Å². The summed E-state index contributed by atoms with van der Waals surface area (Å²) in [6.45, 7) is 6.58. The van der Waals surface area contributed by atoms with Crippen molar-refractivity contribution in [2.24, 2.45) is 5.92 Å². The van der Waals surface area contributed by atoms with Crippen molar-refractivity contribution in [2.75, 3.05) is 13.1 Å². The number of carbonyl (C=O) groups is 1. The van der Waals surface area contributed by atoms with Gasteiger partial charge in [0.2, 0.25) is 5.91 Å². The van der Waals surface area contributed by atoms with Gasteiger partial charge >= 0.3 is 0 Å². The van der Waals surface area contributed by atoms with Crippen molar-refractivity contribution in [1.82, 2.24) is 9.62 Å². The molecule has 3 rings (SSSR count). The lowest BCUT2D eigenvalue weighted by atomic mass is 9.97. The third-order valence-electron chi connectivity index (χ3n) is 5.00. The van der Waals surface area contributed by atoms with E-state index in [1.165, 1.54) is 21.2 Å². The zero-order chi connectivity index (χ0) is 19.6. The molecule has 0 spiro atoms. The molecule has 2 heterocycles. The lowest BCUT2D eigenvalue weighted by Gasteiger charge is -2.31. The molecule has 1 saturated heterocycles. The first-order valence-electron chi connectivity index (χ1n) is 9.21. The molecule has 1 amide bonds. The van der Waals surface area contributed by atoms with Gasteiger partial charge in [0.1, 0.15) is 4.21 Å². The summed E-state index contributed by atoms with van der Waals surface area (Å²) in [6, 6.07) is 11.4. The van der Waals surface area contributed by atoms with E-state index in [2.05, 4.69) is 5.32 Å². The van der Waals surface area contributed by atoms with Crippen LogP contribution in [0.15, 0.2) is 40.6 Å². The van der Waals surface area contributed by atoms with Gasteiger partial charge in [-0.15, -0.1) is 11.3 Å². The average Bonchev–Trinajstić information content (AvgIpc) is 3.09. The number of sulfonamides is 1. The minimum absolute atomic E-state index is 0.0784. The number of aryl methyl sites for hydroxylation is 2. The first-order chi connectivity index (χ1) is 12.8. The van der Waals surface area contributed by atoms with Gasteiger partial charge < -0.3 is 5.32 Å². The number of piperidine rings is 1. The number of hydrogen-bond acceptors (Lipinski definition) is 4. The molecule has 7 heteroatoms. The number of rotatable bonds is 5. The van der Waals surface area contributed by atoms with Gasteiger partial charge in [-0.25, -0.2) is 8.42 Å². The first-order valence-corrected chi connectivity index (χ1v) is 11.5. The Morgan fingerprint density at radius 1 is 1.19 bits per heavy atom. The summed E-state index contributed by atoms with van der Waals surface area (Å²) in [5.41, 5.74) is 2.22. The lowest BCUT2D eigenvalue weighted by Crippen LogP contribution is -2.45. The zero-order valence-electron chi connectivity index (χ0n) is 15.9. The standard InChI is InChI=1S/C20H26N2O3S2/c1-14-6-9-17(10-7-14)16(3)21-20(23)18-5-4-12-22(13-18)27(24,25)19-11-8-15(2)26-19/h6-11,16,18H,4-5,12-13H2,1-3H3,(H,21,23). The third kappa shape index (κ3) is 4.59. The van der Waals surface area contributed by atoms with Gasteiger partial charge in [0.05, 0.1) is 12.0 Å². The molecule has 1 aromatic heterocycles. The predicted molar refractivity (Wildman–Crippen MR) is 108 cm³/mol. The highest BCUT2D eigenvalue weighted by Gasteiger charge is 2.34. The van der Waals surface area contributed by atoms with Crippen LogP contribution in [0.2, 0.25) is 0 Å². The maximum atomic E-state index is 12.8. The van der Waals surface area contributed by atoms with E-state index in [9.17, 15) is 13.2 Å². The van der Waals surface area contributed by atoms with E-state index in [1.54, 1.807) is 6.07 Å². The summed E-state index contributed by atoms with van der Waals surface area (Å²) in [6.07, 6.45) is 1.41. The largest absolute Gasteiger partial charge is 0.349 e. The van der Waals surface area contributed by atoms with E-state index in [4.69, 9.17) is 0 Å². The molecule has 1 aromatic carbocycles. The van der Waals surface area contributed by atoms with Crippen LogP contribution in [0, 0.1) is 19.8 Å². The highest BCUT2D eigenvalue weighted by molar-refractivity contribution is 7.91. The second-order valence-electron chi connectivity index (χ2n) is 7.21. The Hall–Kier alpha value is -1.70. The second-order valence-corrected chi connectivity index (χ2v) is 10.7. The molecule has 27 heavy (non-hydrogen) atoms. The molecule has 2 unspecified atom stereocenters. The summed E-state index contributed by atoms with van der Waals surface area (Å²) in [5.74, 6) is -0.396. The Morgan fingerprint density at radius 2 is 1.89 bits per heavy atom. The fraction of sp³-hybridized carbons (Fsp3) is 0.450. The first kappa shape index (κ1) is 20.0. The quantitative estimate of drug-likeness (QED) is 0.824. The van der Waals surface area contributed by atoms with Crippen molar-refractivity contribution in [3.05, 3.63) is 52.4 Å². The number of amides is 1. The molecule has 1 N–H and O–H groups in total. The van der Waals surface area contributed by atoms with Crippen LogP contribution in [-0.4, -0.2) is 31.7 Å². The van der Waals surface area contributed by atoms with E-state index in [1.807, 2.05) is 51.1 Å². The van der Waals surface area contributed by atoms with Gasteiger partial charge in [0.25, 0.3) is 10.0 Å². The normalized spacial score (nSPS) is 19.6. The number of thiophene rings is 1. The van der Waals surface area contributed by atoms with Crippen LogP contribution in [0.25, 0.3) is 0 Å². The molecule has 0 bridgehead atoms. The summed E-state index contributed by atoms with van der Waals surface area (Å²) in [7, 11) is -3.52. The molecule has 2 atom stereocenters. The summed E-state index contributed by atoms with van der Waals surface area (Å²) in [5, 5.41) is 3.04. The van der Waals surface area contributed by atoms with Crippen LogP contribution < -0.4 is 5.32 Å². The van der Waals surface area contributed by atoms with Gasteiger partial charge in [-0.1, -0.05) is 29.8 Å². The second kappa shape index (κ2) is 8.12. The third-order valence-corrected chi connectivity index (χ3v) is 8.33. The van der Waals surface area contributed by atoms with E-state index >= 15 is 0 Å². The van der Waals surface area contributed by atoms with Crippen LogP contribution in [0.5, 0.6) is 0 Å². The Morgan fingerprint density at radius 3 is 2.52 bits per heavy atom. The molecule has 0 radical (unpaired) electrons. The van der Waals surface area contributed by atoms with Gasteiger partial charge in [-0.3, -0.25) is 4.79 Å². The van der Waals surface area contributed by atoms with Crippen molar-refractivity contribution < 1.29 is 13.2 Å². The highest BCUT2D eigenvalue weighted by atomic mass is 32.2. The van der Waals surface area contributed by atoms with E-state index in [0.29, 0.717) is 23.6 Å². The van der Waals surface area contributed by atoms with Crippen molar-refractivity contribution in [2.45, 2.75) is 43.9 Å². The topological polar surface area (TPSA) is 66.5 Å². The monoisotopic (exact) mass is 406 g/mol. The van der Waals surface area contributed by atoms with Crippen molar-refractivity contribution in [1.29, 1.82) is 0 Å². The SMILES string of the molecule is Cc1ccc(C(C)NC(=O)C2CCCN(S(=O)(=O)c3ccc(C)s3)C2)cc1. The average molecular weight is 407 g/mol. The molecule has 5 nitrogen and oxygen atoms in total. The van der Waals surface area contributed by atoms with Crippen LogP contribution in [0.4, 0.5) is 0 Å². The smallest absolute Gasteiger partial charge is 0.252 e. The van der Waals surface area contributed by atoms with Crippen molar-refractivity contribution in [3.63, 3.8) is 0 Å². The lowest BCUT2D eigenvalue weighted by molar-refractivity contribution is -0.126. The maximum absolute atomic E-state index is 12.8. The van der Waals surface area contributed by atoms with Crippen LogP contribution >= 0.6 is 11.3 Å². The van der Waals surface area contributed by atoms with Crippen LogP contribution in [0.3, 0.4) is 0 Å². The predicted octanol–water partition coefficient (Wildman–Crippen LogP) is 3.64. The molecule has 146 valence electrons. The highest BCUT2D eigenvalue weighted by Crippen LogP contribution is 2.28. The van der Waals surface area contributed by atoms with Crippen LogP contribution in [-0.2, 0) is 14.8 Å². The minimum Gasteiger partial charge on any atom is -0.349 e. The number of nitrogens with one attached hydrogen (secondary N) is 1. The van der Waals surface area contributed by atoms with Gasteiger partial charge in [-0.05, 0) is 51.3 Å². The Bertz CT molecular complexity index is 904. The van der Waals surface area contributed by atoms with Gasteiger partial charge in [-0.2, -0.15) is 4.31 Å². The summed E-state index contributed by atoms with van der Waals surface area (Å²) in [4.78, 5) is 13.7. The zero-order valence-corrected chi connectivity index (χ0v) is 17.6. The molecular weight excluding hydrogens is 380 g/mol. The Balaban J connectivity index is 1.66. The number of benzene rings is 1. The van der Waals surface area contributed by atoms with Gasteiger partial charge in [0, 0.05) is 18.0 Å². The Kier molecular flexibility index (Phi) is 6.03. The molecular formula is C20H26N2O3S2. The molecule has 1 fully saturated rings. The van der Waals surface area contributed by atoms with Crippen molar-refractivity contribution >= 4 is 27.3 Å².